The topological polar surface area (TPSA) is 66.5 Å². The lowest BCUT2D eigenvalue weighted by Crippen LogP contribution is -2.04. The molecule has 2 aromatic heterocycles. The summed E-state index contributed by atoms with van der Waals surface area (Å²) in [5, 5.41) is 10.2. The number of hydrogen-bond acceptors (Lipinski definition) is 4. The van der Waals surface area contributed by atoms with E-state index in [9.17, 15) is 0 Å². The Morgan fingerprint density at radius 3 is 3.06 bits per heavy atom. The van der Waals surface area contributed by atoms with Crippen molar-refractivity contribution < 1.29 is 0 Å². The van der Waals surface area contributed by atoms with Crippen LogP contribution in [-0.2, 0) is 0 Å². The van der Waals surface area contributed by atoms with Crippen molar-refractivity contribution in [2.45, 2.75) is 12.8 Å². The van der Waals surface area contributed by atoms with Crippen LogP contribution >= 0.6 is 0 Å². The second-order valence-corrected chi connectivity index (χ2v) is 4.05. The zero-order chi connectivity index (χ0) is 10.8. The molecular weight excluding hydrogens is 202 g/mol. The number of H-pyrrole nitrogens is 1. The largest absolute Gasteiger partial charge is 0.353 e. The molecule has 0 unspecified atom stereocenters. The van der Waals surface area contributed by atoms with Crippen LogP contribution in [0.1, 0.15) is 12.8 Å². The molecule has 0 bridgehead atoms. The van der Waals surface area contributed by atoms with Gasteiger partial charge in [0.05, 0.1) is 0 Å². The van der Waals surface area contributed by atoms with Gasteiger partial charge in [0.2, 0.25) is 5.95 Å². The molecule has 2 aromatic rings. The quantitative estimate of drug-likeness (QED) is 0.814. The van der Waals surface area contributed by atoms with Gasteiger partial charge >= 0.3 is 0 Å². The Kier molecular flexibility index (Phi) is 2.29. The van der Waals surface area contributed by atoms with Crippen molar-refractivity contribution in [3.05, 3.63) is 24.4 Å². The van der Waals surface area contributed by atoms with E-state index in [1.54, 1.807) is 6.20 Å². The van der Waals surface area contributed by atoms with Crippen LogP contribution in [0, 0.1) is 5.92 Å². The van der Waals surface area contributed by atoms with Crippen LogP contribution in [0.3, 0.4) is 0 Å². The van der Waals surface area contributed by atoms with E-state index in [0.29, 0.717) is 11.8 Å². The van der Waals surface area contributed by atoms with E-state index in [2.05, 4.69) is 25.5 Å². The first-order valence-electron chi connectivity index (χ1n) is 5.49. The molecule has 0 saturated heterocycles. The molecule has 1 aliphatic carbocycles. The van der Waals surface area contributed by atoms with Gasteiger partial charge in [-0.25, -0.2) is 0 Å². The molecule has 0 aliphatic heterocycles. The number of hydrogen-bond donors (Lipinski definition) is 2. The molecule has 5 nitrogen and oxygen atoms in total. The molecule has 1 fully saturated rings. The summed E-state index contributed by atoms with van der Waals surface area (Å²) in [5.41, 5.74) is 0.814. The van der Waals surface area contributed by atoms with E-state index in [1.807, 2.05) is 18.2 Å². The number of aromatic amines is 1. The van der Waals surface area contributed by atoms with Crippen molar-refractivity contribution in [3.8, 4) is 11.5 Å². The van der Waals surface area contributed by atoms with Gasteiger partial charge in [0.15, 0.2) is 5.82 Å². The average Bonchev–Trinajstić information content (AvgIpc) is 3.05. The zero-order valence-electron chi connectivity index (χ0n) is 8.85. The summed E-state index contributed by atoms with van der Waals surface area (Å²) in [6, 6.07) is 5.72. The fourth-order valence-electron chi connectivity index (χ4n) is 1.52. The summed E-state index contributed by atoms with van der Waals surface area (Å²) in [7, 11) is 0. The van der Waals surface area contributed by atoms with Crippen LogP contribution in [0.5, 0.6) is 0 Å². The molecule has 0 spiro atoms. The molecule has 1 saturated carbocycles. The number of nitrogens with one attached hydrogen (secondary N) is 2. The van der Waals surface area contributed by atoms with Gasteiger partial charge in [-0.1, -0.05) is 6.07 Å². The summed E-state index contributed by atoms with van der Waals surface area (Å²) in [6.45, 7) is 0.972. The van der Waals surface area contributed by atoms with Crippen LogP contribution in [-0.4, -0.2) is 26.7 Å². The molecule has 5 heteroatoms. The highest BCUT2D eigenvalue weighted by Crippen LogP contribution is 2.28. The Morgan fingerprint density at radius 2 is 2.31 bits per heavy atom. The van der Waals surface area contributed by atoms with Crippen molar-refractivity contribution in [2.75, 3.05) is 11.9 Å². The molecule has 0 amide bonds. The van der Waals surface area contributed by atoms with Crippen molar-refractivity contribution in [3.63, 3.8) is 0 Å². The first kappa shape index (κ1) is 9.33. The van der Waals surface area contributed by atoms with Crippen molar-refractivity contribution >= 4 is 5.95 Å². The van der Waals surface area contributed by atoms with E-state index >= 15 is 0 Å². The summed E-state index contributed by atoms with van der Waals surface area (Å²) < 4.78 is 0. The summed E-state index contributed by atoms with van der Waals surface area (Å²) in [6.07, 6.45) is 4.39. The fourth-order valence-corrected chi connectivity index (χ4v) is 1.52. The predicted octanol–water partition coefficient (Wildman–Crippen LogP) is 1.69. The summed E-state index contributed by atoms with van der Waals surface area (Å²) in [5.74, 6) is 2.18. The van der Waals surface area contributed by atoms with Crippen LogP contribution in [0.15, 0.2) is 24.4 Å². The van der Waals surface area contributed by atoms with Crippen molar-refractivity contribution in [1.82, 2.24) is 20.2 Å². The lowest BCUT2D eigenvalue weighted by molar-refractivity contribution is 0.875. The number of rotatable bonds is 4. The number of nitrogens with zero attached hydrogens (tertiary/aromatic N) is 3. The molecule has 2 heterocycles. The fraction of sp³-hybridized carbons (Fsp3) is 0.364. The van der Waals surface area contributed by atoms with Crippen LogP contribution in [0.4, 0.5) is 5.95 Å². The maximum absolute atomic E-state index is 4.34. The highest BCUT2D eigenvalue weighted by molar-refractivity contribution is 5.50. The van der Waals surface area contributed by atoms with Gasteiger partial charge < -0.3 is 5.32 Å². The van der Waals surface area contributed by atoms with Gasteiger partial charge in [-0.05, 0) is 30.9 Å². The first-order chi connectivity index (χ1) is 7.92. The third-order valence-corrected chi connectivity index (χ3v) is 2.64. The smallest absolute Gasteiger partial charge is 0.242 e. The lowest BCUT2D eigenvalue weighted by Gasteiger charge is -1.97. The predicted molar refractivity (Wildman–Crippen MR) is 60.8 cm³/mol. The van der Waals surface area contributed by atoms with Crippen molar-refractivity contribution in [1.29, 1.82) is 0 Å². The minimum atomic E-state index is 0.660. The highest BCUT2D eigenvalue weighted by atomic mass is 15.3. The molecule has 16 heavy (non-hydrogen) atoms. The molecule has 82 valence electrons. The zero-order valence-corrected chi connectivity index (χ0v) is 8.85. The van der Waals surface area contributed by atoms with Crippen LogP contribution < -0.4 is 5.32 Å². The molecule has 1 aliphatic rings. The molecule has 0 atom stereocenters. The minimum Gasteiger partial charge on any atom is -0.353 e. The monoisotopic (exact) mass is 215 g/mol. The third kappa shape index (κ3) is 2.03. The second-order valence-electron chi connectivity index (χ2n) is 4.05. The van der Waals surface area contributed by atoms with E-state index in [4.69, 9.17) is 0 Å². The van der Waals surface area contributed by atoms with Gasteiger partial charge in [-0.2, -0.15) is 4.98 Å². The third-order valence-electron chi connectivity index (χ3n) is 2.64. The van der Waals surface area contributed by atoms with Crippen LogP contribution in [0.25, 0.3) is 11.5 Å². The summed E-state index contributed by atoms with van der Waals surface area (Å²) >= 11 is 0. The van der Waals surface area contributed by atoms with Crippen LogP contribution in [0.2, 0.25) is 0 Å². The van der Waals surface area contributed by atoms with Gasteiger partial charge in [0.25, 0.3) is 0 Å². The average molecular weight is 215 g/mol. The van der Waals surface area contributed by atoms with E-state index in [0.717, 1.165) is 18.2 Å². The molecule has 2 N–H and O–H groups in total. The number of aromatic nitrogens is 4. The maximum Gasteiger partial charge on any atom is 0.242 e. The van der Waals surface area contributed by atoms with Crippen molar-refractivity contribution in [2.24, 2.45) is 5.92 Å². The number of pyridine rings is 1. The van der Waals surface area contributed by atoms with E-state index < -0.39 is 0 Å². The van der Waals surface area contributed by atoms with E-state index in [-0.39, 0.29) is 0 Å². The van der Waals surface area contributed by atoms with Gasteiger partial charge in [-0.15, -0.1) is 5.10 Å². The van der Waals surface area contributed by atoms with E-state index in [1.165, 1.54) is 12.8 Å². The standard InChI is InChI=1S/C11H13N5/c1-2-6-12-9(3-1)10-14-11(16-15-10)13-7-8-4-5-8/h1-3,6,8H,4-5,7H2,(H2,13,14,15,16). The van der Waals surface area contributed by atoms with Gasteiger partial charge in [-0.3, -0.25) is 10.1 Å². The van der Waals surface area contributed by atoms with Gasteiger partial charge in [0.1, 0.15) is 5.69 Å². The molecule has 0 aromatic carbocycles. The number of anilines is 1. The Bertz CT molecular complexity index is 460. The molecule has 0 radical (unpaired) electrons. The lowest BCUT2D eigenvalue weighted by atomic mass is 10.3. The first-order valence-corrected chi connectivity index (χ1v) is 5.49. The summed E-state index contributed by atoms with van der Waals surface area (Å²) in [4.78, 5) is 8.55. The molecule has 3 rings (SSSR count). The minimum absolute atomic E-state index is 0.660. The Labute approximate surface area is 93.3 Å². The Hall–Kier alpha value is -1.91. The second kappa shape index (κ2) is 3.92. The normalized spacial score (nSPS) is 15.0. The van der Waals surface area contributed by atoms with Gasteiger partial charge in [0, 0.05) is 12.7 Å². The SMILES string of the molecule is c1ccc(-c2nc(NCC3CC3)n[nH]2)nc1. The molecular formula is C11H13N5. The Balaban J connectivity index is 1.71. The Morgan fingerprint density at radius 1 is 1.38 bits per heavy atom. The maximum atomic E-state index is 4.34. The highest BCUT2D eigenvalue weighted by Gasteiger charge is 2.21.